The smallest absolute Gasteiger partial charge is 0.394 e. The van der Waals surface area contributed by atoms with E-state index in [0.29, 0.717) is 0 Å². The average Bonchev–Trinajstić information content (AvgIpc) is 2.82. The molecule has 5 atom stereocenters. The van der Waals surface area contributed by atoms with Crippen LogP contribution in [0.3, 0.4) is 0 Å². The van der Waals surface area contributed by atoms with Crippen LogP contribution < -0.4 is 5.73 Å². The van der Waals surface area contributed by atoms with Crippen molar-refractivity contribution < 1.29 is 138 Å². The van der Waals surface area contributed by atoms with Gasteiger partial charge >= 0.3 is 46.9 Å². The maximum atomic E-state index is 11.4. The molecule has 2 fully saturated rings. The Balaban J connectivity index is 0.000000800. The molecule has 48 heavy (non-hydrogen) atoms. The summed E-state index contributed by atoms with van der Waals surface area (Å²) in [5.41, 5.74) is 5.26. The monoisotopic (exact) mass is 839 g/mol. The molecule has 2 aliphatic rings. The molecule has 288 valence electrons. The van der Waals surface area contributed by atoms with Crippen LogP contribution in [-0.4, -0.2) is 153 Å². The van der Waals surface area contributed by atoms with Gasteiger partial charge in [-0.25, -0.2) is 27.4 Å². The van der Waals surface area contributed by atoms with Crippen molar-refractivity contribution in [1.29, 1.82) is 0 Å². The summed E-state index contributed by atoms with van der Waals surface area (Å²) in [5.74, 6) is 0. The highest BCUT2D eigenvalue weighted by molar-refractivity contribution is 7.47. The molecule has 0 radical (unpaired) electrons. The van der Waals surface area contributed by atoms with E-state index >= 15 is 0 Å². The van der Waals surface area contributed by atoms with Gasteiger partial charge in [0.25, 0.3) is 0 Å². The minimum atomic E-state index is -6.02. The van der Waals surface area contributed by atoms with Gasteiger partial charge in [-0.1, -0.05) is 0 Å². The van der Waals surface area contributed by atoms with Gasteiger partial charge < -0.3 is 89.6 Å². The van der Waals surface area contributed by atoms with Crippen molar-refractivity contribution >= 4 is 46.9 Å². The number of nitrogens with two attached hydrogens (primary N) is 1. The molecular weight excluding hydrogens is 808 g/mol. The van der Waals surface area contributed by atoms with E-state index in [9.17, 15) is 37.6 Å². The largest absolute Gasteiger partial charge is 0.470 e. The molecule has 1 aliphatic heterocycles. The first-order valence-corrected chi connectivity index (χ1v) is 20.8. The Hall–Kier alpha value is 0.420. The number of rotatable bonds is 13. The van der Waals surface area contributed by atoms with Crippen LogP contribution in [-0.2, 0) is 59.3 Å². The zero-order valence-corrected chi connectivity index (χ0v) is 28.1. The molecule has 0 aromatic rings. The van der Waals surface area contributed by atoms with Crippen molar-refractivity contribution in [2.75, 3.05) is 6.61 Å². The summed E-state index contributed by atoms with van der Waals surface area (Å²) in [6.45, 7) is -0.470. The van der Waals surface area contributed by atoms with E-state index in [1.54, 1.807) is 0 Å². The quantitative estimate of drug-likeness (QED) is 0.0767. The van der Waals surface area contributed by atoms with Crippen molar-refractivity contribution in [1.82, 2.24) is 0 Å². The Labute approximate surface area is 265 Å². The first kappa shape index (κ1) is 46.4. The maximum Gasteiger partial charge on any atom is 0.470 e. The number of phosphoric acid groups is 6. The van der Waals surface area contributed by atoms with Crippen LogP contribution in [0.15, 0.2) is 0 Å². The number of hydrogen-bond donors (Lipinski definition) is 17. The van der Waals surface area contributed by atoms with Gasteiger partial charge in [0.05, 0.1) is 12.6 Å². The molecule has 1 saturated carbocycles. The zero-order valence-electron chi connectivity index (χ0n) is 22.8. The van der Waals surface area contributed by atoms with Crippen LogP contribution in [0.25, 0.3) is 0 Å². The second-order valence-electron chi connectivity index (χ2n) is 9.17. The molecule has 2 rings (SSSR count). The van der Waals surface area contributed by atoms with E-state index in [-0.39, 0.29) is 0 Å². The fourth-order valence-corrected chi connectivity index (χ4v) is 7.25. The lowest BCUT2D eigenvalue weighted by Gasteiger charge is -2.48. The van der Waals surface area contributed by atoms with Crippen LogP contribution in [0, 0.1) is 0 Å². The SMILES string of the molecule is N[C@@H]1[C@@H](O)[C@H](O)[C@@H](CO)O[C@H]1O.O=P(O)(O)OC1C(OP(=O)(O)O)C(OP(=O)(O)O)C(OP(=O)(O)O)C(OP(=O)(O)O)C1OP(=O)(O)O. The molecule has 0 spiro atoms. The molecule has 1 heterocycles. The standard InChI is InChI=1S/C6H13NO5.C6H18O24P6/c7-3-5(10)4(9)2(1-8)12-6(3)11;7-31(8,9)25-1-2(26-32(10,11)12)4(28-34(16,17)18)6(30-36(22,23)24)5(29-35(19,20)21)3(1)27-33(13,14)15/h2-6,8-11H,1,7H2;1-6H,(H2,7,8,9)(H2,10,11,12)(H2,13,14,15)(H2,16,17,18)(H2,19,20,21)(H2,22,23,24)/t2-,3-,4-,5-,6-;/m1./s1. The van der Waals surface area contributed by atoms with Crippen molar-refractivity contribution in [3.05, 3.63) is 0 Å². The number of aliphatic hydroxyl groups excluding tert-OH is 4. The maximum absolute atomic E-state index is 11.4. The van der Waals surface area contributed by atoms with Gasteiger partial charge in [-0.15, -0.1) is 0 Å². The minimum absolute atomic E-state index is 0.470. The van der Waals surface area contributed by atoms with Crippen LogP contribution in [0.5, 0.6) is 0 Å². The van der Waals surface area contributed by atoms with Gasteiger partial charge in [0.1, 0.15) is 54.9 Å². The predicted octanol–water partition coefficient (Wildman–Crippen LogP) is -6.39. The molecule has 1 aliphatic carbocycles. The molecule has 0 aromatic heterocycles. The van der Waals surface area contributed by atoms with Gasteiger partial charge in [-0.3, -0.25) is 27.1 Å². The summed E-state index contributed by atoms with van der Waals surface area (Å²) in [4.78, 5) is 110. The summed E-state index contributed by atoms with van der Waals surface area (Å²) >= 11 is 0. The Morgan fingerprint density at radius 1 is 0.458 bits per heavy atom. The third-order valence-electron chi connectivity index (χ3n) is 5.45. The summed E-state index contributed by atoms with van der Waals surface area (Å²) < 4.78 is 97.8. The van der Waals surface area contributed by atoms with E-state index in [0.717, 1.165) is 0 Å². The summed E-state index contributed by atoms with van der Waals surface area (Å²) in [6.07, 6.45) is -23.7. The number of ether oxygens (including phenoxy) is 1. The van der Waals surface area contributed by atoms with Crippen LogP contribution in [0.4, 0.5) is 0 Å². The van der Waals surface area contributed by atoms with Gasteiger partial charge in [-0.05, 0) is 0 Å². The first-order chi connectivity index (χ1) is 21.1. The van der Waals surface area contributed by atoms with Crippen LogP contribution >= 0.6 is 46.9 Å². The Morgan fingerprint density at radius 3 is 0.833 bits per heavy atom. The minimum Gasteiger partial charge on any atom is -0.394 e. The van der Waals surface area contributed by atoms with Crippen molar-refractivity contribution in [2.24, 2.45) is 5.73 Å². The van der Waals surface area contributed by atoms with Gasteiger partial charge in [0.15, 0.2) is 6.29 Å². The molecule has 36 heteroatoms. The third kappa shape index (κ3) is 16.4. The van der Waals surface area contributed by atoms with Crippen LogP contribution in [0.1, 0.15) is 0 Å². The summed E-state index contributed by atoms with van der Waals surface area (Å²) in [5, 5.41) is 36.1. The van der Waals surface area contributed by atoms with E-state index in [2.05, 4.69) is 27.1 Å². The highest BCUT2D eigenvalue weighted by atomic mass is 31.2. The molecule has 0 aromatic carbocycles. The second-order valence-corrected chi connectivity index (χ2v) is 16.3. The van der Waals surface area contributed by atoms with Crippen molar-refractivity contribution in [2.45, 2.75) is 67.3 Å². The zero-order chi connectivity index (χ0) is 38.0. The fourth-order valence-electron chi connectivity index (χ4n) is 3.91. The van der Waals surface area contributed by atoms with E-state index < -0.39 is 121 Å². The summed E-state index contributed by atoms with van der Waals surface area (Å²) in [7, 11) is -36.1. The molecule has 30 nitrogen and oxygen atoms in total. The lowest BCUT2D eigenvalue weighted by Crippen LogP contribution is -2.66. The summed E-state index contributed by atoms with van der Waals surface area (Å²) in [6, 6.07) is -1.04. The highest BCUT2D eigenvalue weighted by Gasteiger charge is 2.62. The Kier molecular flexibility index (Phi) is 16.5. The fraction of sp³-hybridized carbons (Fsp3) is 1.00. The Bertz CT molecular complexity index is 1110. The van der Waals surface area contributed by atoms with Gasteiger partial charge in [0.2, 0.25) is 0 Å². The molecule has 0 unspecified atom stereocenters. The third-order valence-corrected chi connectivity index (χ3v) is 8.55. The number of hydrogen-bond acceptors (Lipinski definition) is 18. The van der Waals surface area contributed by atoms with E-state index in [4.69, 9.17) is 79.4 Å². The number of aliphatic hydroxyl groups is 4. The predicted molar refractivity (Wildman–Crippen MR) is 139 cm³/mol. The van der Waals surface area contributed by atoms with Crippen molar-refractivity contribution in [3.63, 3.8) is 0 Å². The first-order valence-electron chi connectivity index (χ1n) is 11.6. The molecule has 0 bridgehead atoms. The lowest BCUT2D eigenvalue weighted by molar-refractivity contribution is -0.248. The highest BCUT2D eigenvalue weighted by Crippen LogP contribution is 2.57. The number of phosphoric ester groups is 6. The molecule has 1 saturated heterocycles. The molecular formula is C12H31NO29P6. The lowest BCUT2D eigenvalue weighted by atomic mass is 9.85. The molecule has 0 amide bonds. The second kappa shape index (κ2) is 17.0. The topological polar surface area (TPSA) is 517 Å². The average molecular weight is 839 g/mol. The molecule has 18 N–H and O–H groups in total. The normalized spacial score (nSPS) is 34.3. The van der Waals surface area contributed by atoms with E-state index in [1.807, 2.05) is 0 Å². The van der Waals surface area contributed by atoms with Crippen molar-refractivity contribution in [3.8, 4) is 0 Å². The van der Waals surface area contributed by atoms with Crippen LogP contribution in [0.2, 0.25) is 0 Å². The van der Waals surface area contributed by atoms with E-state index in [1.165, 1.54) is 0 Å². The Morgan fingerprint density at radius 2 is 0.667 bits per heavy atom. The van der Waals surface area contributed by atoms with Gasteiger partial charge in [0, 0.05) is 0 Å². The van der Waals surface area contributed by atoms with Gasteiger partial charge in [-0.2, -0.15) is 0 Å².